The Balaban J connectivity index is 1.93. The number of aliphatic hydroxyl groups excluding tert-OH is 1. The number of aliphatic hydroxyl groups is 1. The van der Waals surface area contributed by atoms with Crippen LogP contribution < -0.4 is 9.64 Å². The number of aromatic nitrogens is 1. The zero-order valence-corrected chi connectivity index (χ0v) is 19.2. The van der Waals surface area contributed by atoms with Crippen molar-refractivity contribution in [1.82, 2.24) is 4.98 Å². The van der Waals surface area contributed by atoms with Crippen molar-refractivity contribution in [2.24, 2.45) is 0 Å². The minimum atomic E-state index is -0.821. The Morgan fingerprint density at radius 1 is 1.06 bits per heavy atom. The van der Waals surface area contributed by atoms with Crippen LogP contribution in [0.25, 0.3) is 5.76 Å². The first-order valence-corrected chi connectivity index (χ1v) is 10.9. The Hall–Kier alpha value is -3.64. The molecule has 1 aliphatic heterocycles. The van der Waals surface area contributed by atoms with Crippen LogP contribution in [-0.4, -0.2) is 28.9 Å². The van der Waals surface area contributed by atoms with Crippen LogP contribution >= 0.6 is 11.6 Å². The summed E-state index contributed by atoms with van der Waals surface area (Å²) in [6.45, 7) is 4.02. The Kier molecular flexibility index (Phi) is 6.20. The zero-order valence-electron chi connectivity index (χ0n) is 18.4. The Morgan fingerprint density at radius 2 is 1.73 bits per heavy atom. The number of carbonyl (C=O) groups is 2. The highest BCUT2D eigenvalue weighted by molar-refractivity contribution is 6.51. The van der Waals surface area contributed by atoms with Gasteiger partial charge >= 0.3 is 0 Å². The highest BCUT2D eigenvalue weighted by Crippen LogP contribution is 2.42. The maximum absolute atomic E-state index is 13.2. The number of anilines is 1. The molecule has 2 heterocycles. The number of nitrogens with zero attached hydrogens (tertiary/aromatic N) is 2. The van der Waals surface area contributed by atoms with E-state index in [0.717, 1.165) is 5.56 Å². The molecule has 1 N–H and O–H groups in total. The van der Waals surface area contributed by atoms with Gasteiger partial charge in [-0.2, -0.15) is 0 Å². The number of pyridine rings is 1. The Bertz CT molecular complexity index is 1240. The third-order valence-corrected chi connectivity index (χ3v) is 5.95. The second-order valence-electron chi connectivity index (χ2n) is 8.04. The molecule has 1 amide bonds. The highest BCUT2D eigenvalue weighted by atomic mass is 35.5. The number of methoxy groups -OCH3 is 1. The molecule has 3 aromatic rings. The summed E-state index contributed by atoms with van der Waals surface area (Å²) in [5.41, 5.74) is 2.49. The summed E-state index contributed by atoms with van der Waals surface area (Å²) in [5, 5.41) is 11.8. The van der Waals surface area contributed by atoms with Crippen LogP contribution in [0.4, 0.5) is 5.69 Å². The molecule has 1 saturated heterocycles. The summed E-state index contributed by atoms with van der Waals surface area (Å²) in [6, 6.07) is 14.5. The molecule has 2 aromatic carbocycles. The first-order valence-electron chi connectivity index (χ1n) is 10.5. The lowest BCUT2D eigenvalue weighted by atomic mass is 9.93. The van der Waals surface area contributed by atoms with E-state index in [-0.39, 0.29) is 17.3 Å². The van der Waals surface area contributed by atoms with Crippen LogP contribution in [0.3, 0.4) is 0 Å². The minimum Gasteiger partial charge on any atom is -0.507 e. The van der Waals surface area contributed by atoms with Crippen molar-refractivity contribution in [3.63, 3.8) is 0 Å². The van der Waals surface area contributed by atoms with Gasteiger partial charge in [-0.25, -0.2) is 0 Å². The van der Waals surface area contributed by atoms with Crippen molar-refractivity contribution in [2.45, 2.75) is 25.8 Å². The molecule has 0 radical (unpaired) electrons. The number of ketones is 1. The maximum atomic E-state index is 13.2. The van der Waals surface area contributed by atoms with E-state index in [1.807, 2.05) is 13.8 Å². The standard InChI is InChI=1S/C26H23ClN2O4/c1-15(2)20-14-17(4-9-21(20)33-3)24(30)22-23(16-10-12-28-13-11-16)29(26(32)25(22)31)19-7-5-18(27)6-8-19/h4-15,23,30H,1-3H3/b24-22-. The van der Waals surface area contributed by atoms with E-state index < -0.39 is 17.7 Å². The molecule has 33 heavy (non-hydrogen) atoms. The van der Waals surface area contributed by atoms with Crippen molar-refractivity contribution in [3.05, 3.63) is 94.3 Å². The largest absolute Gasteiger partial charge is 0.507 e. The smallest absolute Gasteiger partial charge is 0.300 e. The lowest BCUT2D eigenvalue weighted by molar-refractivity contribution is -0.132. The molecule has 168 valence electrons. The first kappa shape index (κ1) is 22.6. The Morgan fingerprint density at radius 3 is 2.33 bits per heavy atom. The highest BCUT2D eigenvalue weighted by Gasteiger charge is 2.47. The molecule has 0 aliphatic carbocycles. The normalized spacial score (nSPS) is 17.6. The molecular formula is C26H23ClN2O4. The van der Waals surface area contributed by atoms with Crippen molar-refractivity contribution in [2.75, 3.05) is 12.0 Å². The molecule has 0 saturated carbocycles. The maximum Gasteiger partial charge on any atom is 0.300 e. The molecular weight excluding hydrogens is 440 g/mol. The van der Waals surface area contributed by atoms with E-state index in [2.05, 4.69) is 4.98 Å². The lowest BCUT2D eigenvalue weighted by Crippen LogP contribution is -2.29. The lowest BCUT2D eigenvalue weighted by Gasteiger charge is -2.25. The van der Waals surface area contributed by atoms with Crippen LogP contribution in [0.5, 0.6) is 5.75 Å². The molecule has 1 aromatic heterocycles. The van der Waals surface area contributed by atoms with Gasteiger partial charge in [-0.3, -0.25) is 19.5 Å². The fourth-order valence-corrected chi connectivity index (χ4v) is 4.18. The summed E-state index contributed by atoms with van der Waals surface area (Å²) >= 11 is 6.02. The van der Waals surface area contributed by atoms with Gasteiger partial charge in [0.15, 0.2) is 0 Å². The number of carbonyl (C=O) groups excluding carboxylic acids is 2. The number of rotatable bonds is 5. The van der Waals surface area contributed by atoms with E-state index in [9.17, 15) is 14.7 Å². The number of hydrogen-bond donors (Lipinski definition) is 1. The van der Waals surface area contributed by atoms with Crippen LogP contribution in [0.15, 0.2) is 72.6 Å². The molecule has 6 nitrogen and oxygen atoms in total. The minimum absolute atomic E-state index is 0.0148. The zero-order chi connectivity index (χ0) is 23.7. The first-order chi connectivity index (χ1) is 15.8. The molecule has 0 bridgehead atoms. The molecule has 7 heteroatoms. The molecule has 1 fully saturated rings. The second kappa shape index (κ2) is 9.08. The number of Topliss-reactive ketones (excluding diaryl/α,β-unsaturated/α-hetero) is 1. The van der Waals surface area contributed by atoms with Crippen molar-refractivity contribution >= 4 is 34.7 Å². The topological polar surface area (TPSA) is 79.7 Å². The van der Waals surface area contributed by atoms with Crippen molar-refractivity contribution in [3.8, 4) is 5.75 Å². The van der Waals surface area contributed by atoms with E-state index in [4.69, 9.17) is 16.3 Å². The summed E-state index contributed by atoms with van der Waals surface area (Å²) in [4.78, 5) is 31.8. The van der Waals surface area contributed by atoms with E-state index >= 15 is 0 Å². The predicted octanol–water partition coefficient (Wildman–Crippen LogP) is 5.49. The summed E-state index contributed by atoms with van der Waals surface area (Å²) in [5.74, 6) is -0.908. The quantitative estimate of drug-likeness (QED) is 0.308. The molecule has 4 rings (SSSR count). The fourth-order valence-electron chi connectivity index (χ4n) is 4.05. The second-order valence-corrected chi connectivity index (χ2v) is 8.47. The van der Waals surface area contributed by atoms with Gasteiger partial charge in [0.05, 0.1) is 18.7 Å². The Labute approximate surface area is 197 Å². The summed E-state index contributed by atoms with van der Waals surface area (Å²) in [7, 11) is 1.59. The van der Waals surface area contributed by atoms with Gasteiger partial charge in [0, 0.05) is 28.7 Å². The van der Waals surface area contributed by atoms with Crippen LogP contribution in [0, 0.1) is 0 Å². The average Bonchev–Trinajstić information content (AvgIpc) is 3.09. The van der Waals surface area contributed by atoms with Gasteiger partial charge in [-0.15, -0.1) is 0 Å². The van der Waals surface area contributed by atoms with E-state index in [0.29, 0.717) is 27.6 Å². The number of amides is 1. The fraction of sp³-hybridized carbons (Fsp3) is 0.192. The van der Waals surface area contributed by atoms with E-state index in [1.54, 1.807) is 74.1 Å². The molecule has 1 aliphatic rings. The third-order valence-electron chi connectivity index (χ3n) is 5.70. The predicted molar refractivity (Wildman–Crippen MR) is 128 cm³/mol. The molecule has 1 unspecified atom stereocenters. The number of benzene rings is 2. The SMILES string of the molecule is COc1ccc(/C(O)=C2/C(=O)C(=O)N(c3ccc(Cl)cc3)C2c2ccncc2)cc1C(C)C. The van der Waals surface area contributed by atoms with Crippen LogP contribution in [-0.2, 0) is 9.59 Å². The van der Waals surface area contributed by atoms with Crippen LogP contribution in [0.2, 0.25) is 5.02 Å². The number of halogens is 1. The number of hydrogen-bond acceptors (Lipinski definition) is 5. The van der Waals surface area contributed by atoms with Gasteiger partial charge in [-0.05, 0) is 71.6 Å². The van der Waals surface area contributed by atoms with Gasteiger partial charge in [0.25, 0.3) is 11.7 Å². The molecule has 0 spiro atoms. The summed E-state index contributed by atoms with van der Waals surface area (Å²) < 4.78 is 5.44. The van der Waals surface area contributed by atoms with E-state index in [1.165, 1.54) is 4.90 Å². The van der Waals surface area contributed by atoms with Gasteiger partial charge in [0.2, 0.25) is 0 Å². The van der Waals surface area contributed by atoms with Gasteiger partial charge in [0.1, 0.15) is 11.5 Å². The van der Waals surface area contributed by atoms with Crippen LogP contribution in [0.1, 0.15) is 42.5 Å². The van der Waals surface area contributed by atoms with Gasteiger partial charge in [-0.1, -0.05) is 25.4 Å². The molecule has 1 atom stereocenters. The van der Waals surface area contributed by atoms with Crippen molar-refractivity contribution in [1.29, 1.82) is 0 Å². The van der Waals surface area contributed by atoms with Crippen molar-refractivity contribution < 1.29 is 19.4 Å². The third kappa shape index (κ3) is 4.10. The average molecular weight is 463 g/mol. The van der Waals surface area contributed by atoms with Gasteiger partial charge < -0.3 is 9.84 Å². The summed E-state index contributed by atoms with van der Waals surface area (Å²) in [6.07, 6.45) is 3.17. The monoisotopic (exact) mass is 462 g/mol. The number of ether oxygens (including phenoxy) is 1.